The Morgan fingerprint density at radius 3 is 2.59 bits per heavy atom. The van der Waals surface area contributed by atoms with Gasteiger partial charge in [0.2, 0.25) is 11.8 Å². The number of esters is 1. The Kier molecular flexibility index (Phi) is 5.34. The Morgan fingerprint density at radius 2 is 1.90 bits per heavy atom. The monoisotopic (exact) mass is 399 g/mol. The van der Waals surface area contributed by atoms with E-state index in [2.05, 4.69) is 5.32 Å². The first kappa shape index (κ1) is 19.9. The molecule has 0 aromatic heterocycles. The van der Waals surface area contributed by atoms with Gasteiger partial charge in [-0.25, -0.2) is 4.79 Å². The van der Waals surface area contributed by atoms with Crippen LogP contribution in [0.3, 0.4) is 0 Å². The van der Waals surface area contributed by atoms with E-state index in [0.717, 1.165) is 49.7 Å². The number of amides is 2. The Labute approximate surface area is 171 Å². The van der Waals surface area contributed by atoms with E-state index < -0.39 is 5.66 Å². The summed E-state index contributed by atoms with van der Waals surface area (Å²) < 4.78 is 4.91. The molecule has 3 N–H and O–H groups in total. The molecule has 7 heteroatoms. The number of ether oxygens (including phenoxy) is 1. The van der Waals surface area contributed by atoms with Gasteiger partial charge in [-0.2, -0.15) is 0 Å². The zero-order chi connectivity index (χ0) is 20.6. The summed E-state index contributed by atoms with van der Waals surface area (Å²) >= 11 is 0. The van der Waals surface area contributed by atoms with Gasteiger partial charge in [0.15, 0.2) is 0 Å². The number of fused-ring (bicyclic) bond motifs is 1. The summed E-state index contributed by atoms with van der Waals surface area (Å²) in [7, 11) is 1.36. The van der Waals surface area contributed by atoms with E-state index in [1.54, 1.807) is 11.0 Å². The molecule has 4 rings (SSSR count). The highest BCUT2D eigenvalue weighted by Crippen LogP contribution is 2.36. The molecule has 2 saturated carbocycles. The van der Waals surface area contributed by atoms with E-state index in [1.165, 1.54) is 7.11 Å². The molecule has 1 aromatic carbocycles. The van der Waals surface area contributed by atoms with Crippen LogP contribution in [0.1, 0.15) is 60.0 Å². The van der Waals surface area contributed by atoms with Gasteiger partial charge in [0.1, 0.15) is 0 Å². The van der Waals surface area contributed by atoms with Crippen molar-refractivity contribution in [2.45, 2.75) is 57.2 Å². The van der Waals surface area contributed by atoms with Crippen LogP contribution in [0.25, 0.3) is 0 Å². The molecule has 2 fully saturated rings. The fourth-order valence-corrected chi connectivity index (χ4v) is 4.64. The van der Waals surface area contributed by atoms with E-state index in [1.807, 2.05) is 12.1 Å². The van der Waals surface area contributed by atoms with Crippen molar-refractivity contribution in [2.75, 3.05) is 13.7 Å². The summed E-state index contributed by atoms with van der Waals surface area (Å²) in [6.07, 6.45) is 5.63. The molecule has 0 unspecified atom stereocenters. The molecule has 0 radical (unpaired) electrons. The van der Waals surface area contributed by atoms with Crippen molar-refractivity contribution < 1.29 is 19.1 Å². The zero-order valence-electron chi connectivity index (χ0n) is 16.9. The predicted octanol–water partition coefficient (Wildman–Crippen LogP) is 1.73. The van der Waals surface area contributed by atoms with Crippen LogP contribution in [-0.4, -0.2) is 42.0 Å². The van der Waals surface area contributed by atoms with Crippen LogP contribution in [0.15, 0.2) is 18.2 Å². The first-order chi connectivity index (χ1) is 13.9. The normalized spacial score (nSPS) is 25.0. The number of nitrogens with two attached hydrogens (primary N) is 1. The second-order valence-corrected chi connectivity index (χ2v) is 8.59. The van der Waals surface area contributed by atoms with Crippen molar-refractivity contribution in [1.29, 1.82) is 0 Å². The minimum absolute atomic E-state index is 0.0111. The molecular weight excluding hydrogens is 370 g/mol. The molecule has 156 valence electrons. The number of nitrogens with one attached hydrogen (secondary N) is 1. The Bertz CT molecular complexity index is 833. The Hall–Kier alpha value is -2.41. The van der Waals surface area contributed by atoms with Crippen molar-refractivity contribution in [2.24, 2.45) is 17.6 Å². The molecular formula is C22H29N3O4. The van der Waals surface area contributed by atoms with Crippen LogP contribution < -0.4 is 11.1 Å². The van der Waals surface area contributed by atoms with E-state index in [9.17, 15) is 14.4 Å². The van der Waals surface area contributed by atoms with Gasteiger partial charge in [-0.1, -0.05) is 25.0 Å². The van der Waals surface area contributed by atoms with Crippen LogP contribution in [0.5, 0.6) is 0 Å². The maximum Gasteiger partial charge on any atom is 0.338 e. The van der Waals surface area contributed by atoms with Crippen LogP contribution in [0.2, 0.25) is 0 Å². The first-order valence-corrected chi connectivity index (χ1v) is 10.5. The van der Waals surface area contributed by atoms with E-state index in [-0.39, 0.29) is 29.6 Å². The van der Waals surface area contributed by atoms with Crippen LogP contribution in [0.4, 0.5) is 0 Å². The third kappa shape index (κ3) is 4.01. The Morgan fingerprint density at radius 1 is 1.17 bits per heavy atom. The summed E-state index contributed by atoms with van der Waals surface area (Å²) in [5.41, 5.74) is 7.94. The maximum atomic E-state index is 13.4. The van der Waals surface area contributed by atoms with Crippen molar-refractivity contribution in [3.05, 3.63) is 34.9 Å². The van der Waals surface area contributed by atoms with Crippen molar-refractivity contribution in [3.63, 3.8) is 0 Å². The van der Waals surface area contributed by atoms with Gasteiger partial charge >= 0.3 is 5.97 Å². The number of rotatable bonds is 4. The topological polar surface area (TPSA) is 102 Å². The van der Waals surface area contributed by atoms with Crippen LogP contribution in [0, 0.1) is 11.8 Å². The Balaban J connectivity index is 1.52. The quantitative estimate of drug-likeness (QED) is 0.593. The third-order valence-electron chi connectivity index (χ3n) is 6.57. The molecule has 1 heterocycles. The van der Waals surface area contributed by atoms with Crippen molar-refractivity contribution in [3.8, 4) is 0 Å². The highest BCUT2D eigenvalue weighted by atomic mass is 16.5. The molecule has 2 amide bonds. The number of carbonyl (C=O) groups is 3. The lowest BCUT2D eigenvalue weighted by Gasteiger charge is -2.37. The SMILES string of the molecule is COC(=O)c1cccc2c1CN(C(=O)[C@@H]1CCCC[C@H]1C(=O)NC1(N)CC1)CC2. The number of methoxy groups -OCH3 is 1. The van der Waals surface area contributed by atoms with Gasteiger partial charge in [0.05, 0.1) is 18.3 Å². The molecule has 0 bridgehead atoms. The minimum Gasteiger partial charge on any atom is -0.465 e. The molecule has 7 nitrogen and oxygen atoms in total. The molecule has 1 aliphatic heterocycles. The second kappa shape index (κ2) is 7.78. The average molecular weight is 399 g/mol. The third-order valence-corrected chi connectivity index (χ3v) is 6.57. The molecule has 1 aromatic rings. The molecule has 29 heavy (non-hydrogen) atoms. The van der Waals surface area contributed by atoms with Crippen LogP contribution >= 0.6 is 0 Å². The molecule has 3 aliphatic rings. The number of nitrogens with zero attached hydrogens (tertiary/aromatic N) is 1. The molecule has 0 spiro atoms. The van der Waals surface area contributed by atoms with Crippen molar-refractivity contribution in [1.82, 2.24) is 10.2 Å². The first-order valence-electron chi connectivity index (χ1n) is 10.5. The highest BCUT2D eigenvalue weighted by Gasteiger charge is 2.44. The molecule has 2 aliphatic carbocycles. The van der Waals surface area contributed by atoms with E-state index in [0.29, 0.717) is 25.1 Å². The van der Waals surface area contributed by atoms with E-state index in [4.69, 9.17) is 10.5 Å². The lowest BCUT2D eigenvalue weighted by Crippen LogP contribution is -2.51. The lowest BCUT2D eigenvalue weighted by molar-refractivity contribution is -0.144. The number of hydrogen-bond acceptors (Lipinski definition) is 5. The van der Waals surface area contributed by atoms with E-state index >= 15 is 0 Å². The summed E-state index contributed by atoms with van der Waals surface area (Å²) in [6.45, 7) is 0.979. The number of carbonyl (C=O) groups excluding carboxylic acids is 3. The van der Waals surface area contributed by atoms with Gasteiger partial charge < -0.3 is 20.7 Å². The predicted molar refractivity (Wildman–Crippen MR) is 107 cm³/mol. The fourth-order valence-electron chi connectivity index (χ4n) is 4.64. The van der Waals surface area contributed by atoms with Crippen LogP contribution in [-0.2, 0) is 27.3 Å². The summed E-state index contributed by atoms with van der Waals surface area (Å²) in [4.78, 5) is 40.2. The lowest BCUT2D eigenvalue weighted by atomic mass is 9.77. The standard InChI is InChI=1S/C22H29N3O4/c1-29-21(28)17-8-4-5-14-9-12-25(13-18(14)17)20(27)16-7-3-2-6-15(16)19(26)24-22(23)10-11-22/h4-5,8,15-16H,2-3,6-7,9-13,23H2,1H3,(H,24,26)/t15-,16-/m1/s1. The van der Waals surface area contributed by atoms with Crippen molar-refractivity contribution >= 4 is 17.8 Å². The maximum absolute atomic E-state index is 13.4. The molecule has 2 atom stereocenters. The van der Waals surface area contributed by atoms with Gasteiger partial charge in [-0.05, 0) is 49.3 Å². The van der Waals surface area contributed by atoms with Gasteiger partial charge in [0, 0.05) is 24.9 Å². The summed E-state index contributed by atoms with van der Waals surface area (Å²) in [5, 5.41) is 2.94. The minimum atomic E-state index is -0.568. The van der Waals surface area contributed by atoms with Gasteiger partial charge in [-0.3, -0.25) is 9.59 Å². The summed E-state index contributed by atoms with van der Waals surface area (Å²) in [5.74, 6) is -1.11. The van der Waals surface area contributed by atoms with Gasteiger partial charge in [0.25, 0.3) is 0 Å². The smallest absolute Gasteiger partial charge is 0.338 e. The second-order valence-electron chi connectivity index (χ2n) is 8.59. The largest absolute Gasteiger partial charge is 0.465 e. The van der Waals surface area contributed by atoms with Gasteiger partial charge in [-0.15, -0.1) is 0 Å². The summed E-state index contributed by atoms with van der Waals surface area (Å²) in [6, 6.07) is 5.59. The zero-order valence-corrected chi connectivity index (χ0v) is 16.9. The molecule has 0 saturated heterocycles. The fraction of sp³-hybridized carbons (Fsp3) is 0.591. The average Bonchev–Trinajstić information content (AvgIpc) is 3.48. The number of benzene rings is 1. The number of hydrogen-bond donors (Lipinski definition) is 2. The highest BCUT2D eigenvalue weighted by molar-refractivity contribution is 5.92.